The van der Waals surface area contributed by atoms with E-state index in [0.717, 1.165) is 43.0 Å². The smallest absolute Gasteiger partial charge is 0.129 e. The minimum atomic E-state index is -0.432. The van der Waals surface area contributed by atoms with E-state index in [1.807, 2.05) is 18.2 Å². The van der Waals surface area contributed by atoms with E-state index in [1.165, 1.54) is 0 Å². The van der Waals surface area contributed by atoms with Gasteiger partial charge in [-0.05, 0) is 32.0 Å². The van der Waals surface area contributed by atoms with Gasteiger partial charge in [0.15, 0.2) is 0 Å². The zero-order valence-electron chi connectivity index (χ0n) is 11.6. The van der Waals surface area contributed by atoms with Crippen LogP contribution in [0.15, 0.2) is 18.2 Å². The Balaban J connectivity index is 1.89. The van der Waals surface area contributed by atoms with E-state index < -0.39 is 6.10 Å². The molecule has 4 heteroatoms. The molecule has 0 aliphatic carbocycles. The number of piperidine rings is 1. The van der Waals surface area contributed by atoms with Crippen molar-refractivity contribution in [2.75, 3.05) is 27.2 Å². The molecule has 0 amide bonds. The predicted molar refractivity (Wildman–Crippen MR) is 72.7 cm³/mol. The number of methoxy groups -OCH3 is 1. The van der Waals surface area contributed by atoms with Crippen molar-refractivity contribution in [3.05, 3.63) is 23.8 Å². The second kappa shape index (κ2) is 4.69. The van der Waals surface area contributed by atoms with Crippen molar-refractivity contribution in [1.82, 2.24) is 4.90 Å². The van der Waals surface area contributed by atoms with Gasteiger partial charge in [0, 0.05) is 31.1 Å². The van der Waals surface area contributed by atoms with Crippen molar-refractivity contribution in [2.45, 2.75) is 31.0 Å². The van der Waals surface area contributed by atoms with Crippen molar-refractivity contribution in [3.8, 4) is 11.5 Å². The number of ether oxygens (including phenoxy) is 2. The van der Waals surface area contributed by atoms with Gasteiger partial charge in [-0.25, -0.2) is 0 Å². The summed E-state index contributed by atoms with van der Waals surface area (Å²) in [6, 6.07) is 5.66. The Morgan fingerprint density at radius 3 is 2.79 bits per heavy atom. The summed E-state index contributed by atoms with van der Waals surface area (Å²) in [5.74, 6) is 1.55. The molecule has 3 rings (SSSR count). The number of likely N-dealkylation sites (tertiary alicyclic amines) is 1. The average Bonchev–Trinajstić information content (AvgIpc) is 2.42. The van der Waals surface area contributed by atoms with Crippen LogP contribution in [-0.2, 0) is 0 Å². The molecule has 104 valence electrons. The minimum Gasteiger partial charge on any atom is -0.497 e. The molecule has 1 saturated heterocycles. The summed E-state index contributed by atoms with van der Waals surface area (Å²) >= 11 is 0. The maximum Gasteiger partial charge on any atom is 0.129 e. The Morgan fingerprint density at radius 2 is 2.11 bits per heavy atom. The highest BCUT2D eigenvalue weighted by Crippen LogP contribution is 2.45. The van der Waals surface area contributed by atoms with E-state index in [4.69, 9.17) is 9.47 Å². The van der Waals surface area contributed by atoms with Gasteiger partial charge in [0.1, 0.15) is 17.1 Å². The zero-order valence-corrected chi connectivity index (χ0v) is 11.6. The van der Waals surface area contributed by atoms with Crippen LogP contribution in [0.3, 0.4) is 0 Å². The third-order valence-electron chi connectivity index (χ3n) is 4.37. The van der Waals surface area contributed by atoms with Crippen LogP contribution in [0, 0.1) is 0 Å². The van der Waals surface area contributed by atoms with Crippen LogP contribution >= 0.6 is 0 Å². The lowest BCUT2D eigenvalue weighted by atomic mass is 9.82. The molecule has 2 heterocycles. The highest BCUT2D eigenvalue weighted by Gasteiger charge is 2.42. The summed E-state index contributed by atoms with van der Waals surface area (Å²) in [7, 11) is 3.77. The molecule has 0 radical (unpaired) electrons. The molecule has 2 aliphatic rings. The topological polar surface area (TPSA) is 41.9 Å². The molecule has 4 nitrogen and oxygen atoms in total. The first-order valence-corrected chi connectivity index (χ1v) is 6.85. The van der Waals surface area contributed by atoms with E-state index in [2.05, 4.69) is 11.9 Å². The van der Waals surface area contributed by atoms with E-state index in [9.17, 15) is 5.11 Å². The lowest BCUT2D eigenvalue weighted by molar-refractivity contribution is -0.0504. The van der Waals surface area contributed by atoms with E-state index in [-0.39, 0.29) is 5.60 Å². The molecule has 2 aliphatic heterocycles. The van der Waals surface area contributed by atoms with Crippen LogP contribution in [0.4, 0.5) is 0 Å². The predicted octanol–water partition coefficient (Wildman–Crippen LogP) is 1.98. The SMILES string of the molecule is COc1ccc2c(c1)OC1(CCN(C)CC1)C[C@H]2O. The first kappa shape index (κ1) is 12.8. The summed E-state index contributed by atoms with van der Waals surface area (Å²) < 4.78 is 11.5. The van der Waals surface area contributed by atoms with Gasteiger partial charge in [0.25, 0.3) is 0 Å². The highest BCUT2D eigenvalue weighted by atomic mass is 16.5. The van der Waals surface area contributed by atoms with Crippen LogP contribution in [-0.4, -0.2) is 42.9 Å². The van der Waals surface area contributed by atoms with Gasteiger partial charge in [0.2, 0.25) is 0 Å². The molecule has 1 aromatic rings. The molecule has 0 unspecified atom stereocenters. The number of fused-ring (bicyclic) bond motifs is 1. The van der Waals surface area contributed by atoms with Crippen molar-refractivity contribution in [1.29, 1.82) is 0 Å². The number of rotatable bonds is 1. The Labute approximate surface area is 113 Å². The van der Waals surface area contributed by atoms with Crippen LogP contribution in [0.1, 0.15) is 30.9 Å². The molecule has 0 bridgehead atoms. The number of hydrogen-bond donors (Lipinski definition) is 1. The molecular weight excluding hydrogens is 242 g/mol. The van der Waals surface area contributed by atoms with Crippen LogP contribution in [0.2, 0.25) is 0 Å². The van der Waals surface area contributed by atoms with Crippen molar-refractivity contribution in [2.24, 2.45) is 0 Å². The fourth-order valence-electron chi connectivity index (χ4n) is 3.07. The molecule has 19 heavy (non-hydrogen) atoms. The lowest BCUT2D eigenvalue weighted by Crippen LogP contribution is -2.49. The maximum atomic E-state index is 10.4. The van der Waals surface area contributed by atoms with Gasteiger partial charge in [-0.2, -0.15) is 0 Å². The minimum absolute atomic E-state index is 0.203. The van der Waals surface area contributed by atoms with E-state index in [0.29, 0.717) is 6.42 Å². The van der Waals surface area contributed by atoms with Gasteiger partial charge in [-0.1, -0.05) is 0 Å². The third-order valence-corrected chi connectivity index (χ3v) is 4.37. The summed E-state index contributed by atoms with van der Waals surface area (Å²) in [5, 5.41) is 10.4. The monoisotopic (exact) mass is 263 g/mol. The van der Waals surface area contributed by atoms with Gasteiger partial charge in [-0.15, -0.1) is 0 Å². The van der Waals surface area contributed by atoms with Crippen molar-refractivity contribution < 1.29 is 14.6 Å². The molecule has 0 saturated carbocycles. The first-order valence-electron chi connectivity index (χ1n) is 6.85. The lowest BCUT2D eigenvalue weighted by Gasteiger charge is -2.45. The molecule has 1 fully saturated rings. The first-order chi connectivity index (χ1) is 9.12. The molecule has 1 atom stereocenters. The van der Waals surface area contributed by atoms with Crippen molar-refractivity contribution >= 4 is 0 Å². The molecule has 1 spiro atoms. The number of hydrogen-bond acceptors (Lipinski definition) is 4. The van der Waals surface area contributed by atoms with Gasteiger partial charge in [0.05, 0.1) is 13.2 Å². The largest absolute Gasteiger partial charge is 0.497 e. The summed E-state index contributed by atoms with van der Waals surface area (Å²) in [6.07, 6.45) is 2.20. The Bertz CT molecular complexity index is 466. The Kier molecular flexibility index (Phi) is 3.15. The summed E-state index contributed by atoms with van der Waals surface area (Å²) in [6.45, 7) is 2.04. The standard InChI is InChI=1S/C15H21NO3/c1-16-7-5-15(6-8-16)10-13(17)12-4-3-11(18-2)9-14(12)19-15/h3-4,9,13,17H,5-8,10H2,1-2H3/t13-/m1/s1. The number of aliphatic hydroxyl groups is 1. The highest BCUT2D eigenvalue weighted by molar-refractivity contribution is 5.44. The second-order valence-electron chi connectivity index (χ2n) is 5.71. The van der Waals surface area contributed by atoms with Crippen LogP contribution in [0.25, 0.3) is 0 Å². The quantitative estimate of drug-likeness (QED) is 0.841. The van der Waals surface area contributed by atoms with Gasteiger partial charge >= 0.3 is 0 Å². The second-order valence-corrected chi connectivity index (χ2v) is 5.71. The summed E-state index contributed by atoms with van der Waals surface area (Å²) in [5.41, 5.74) is 0.677. The Morgan fingerprint density at radius 1 is 1.37 bits per heavy atom. The fourth-order valence-corrected chi connectivity index (χ4v) is 3.07. The average molecular weight is 263 g/mol. The summed E-state index contributed by atoms with van der Waals surface area (Å²) in [4.78, 5) is 2.31. The normalized spacial score (nSPS) is 25.7. The number of nitrogens with zero attached hydrogens (tertiary/aromatic N) is 1. The molecule has 1 N–H and O–H groups in total. The number of aliphatic hydroxyl groups excluding tert-OH is 1. The molecule has 0 aromatic heterocycles. The zero-order chi connectivity index (χ0) is 13.5. The van der Waals surface area contributed by atoms with Gasteiger partial charge in [-0.3, -0.25) is 0 Å². The maximum absolute atomic E-state index is 10.4. The van der Waals surface area contributed by atoms with Gasteiger partial charge < -0.3 is 19.5 Å². The van der Waals surface area contributed by atoms with Crippen molar-refractivity contribution in [3.63, 3.8) is 0 Å². The van der Waals surface area contributed by atoms with Crippen LogP contribution in [0.5, 0.6) is 11.5 Å². The van der Waals surface area contributed by atoms with Crippen LogP contribution < -0.4 is 9.47 Å². The van der Waals surface area contributed by atoms with E-state index in [1.54, 1.807) is 7.11 Å². The fraction of sp³-hybridized carbons (Fsp3) is 0.600. The van der Waals surface area contributed by atoms with E-state index >= 15 is 0 Å². The molecule has 1 aromatic carbocycles. The Hall–Kier alpha value is -1.26. The molecular formula is C15H21NO3. The third kappa shape index (κ3) is 2.30. The number of benzene rings is 1.